The molecule has 0 saturated carbocycles. The maximum absolute atomic E-state index is 14.3. The molecule has 12 rings (SSSR count). The van der Waals surface area contributed by atoms with Gasteiger partial charge in [-0.05, 0) is 117 Å². The largest absolute Gasteiger partial charge is 0.472 e. The van der Waals surface area contributed by atoms with Crippen LogP contribution in [0.4, 0.5) is 4.39 Å². The molecule has 0 spiro atoms. The van der Waals surface area contributed by atoms with Gasteiger partial charge in [-0.3, -0.25) is 0 Å². The van der Waals surface area contributed by atoms with Crippen molar-refractivity contribution in [2.45, 2.75) is 5.60 Å². The Labute approximate surface area is 400 Å². The molecule has 4 nitrogen and oxygen atoms in total. The molecule has 1 aliphatic heterocycles. The molecule has 10 aromatic carbocycles. The minimum absolute atomic E-state index is 0.290. The minimum atomic E-state index is -0.895. The number of halogens is 1. The number of ether oxygens (including phenoxy) is 1. The van der Waals surface area contributed by atoms with Gasteiger partial charge in [0, 0.05) is 38.9 Å². The van der Waals surface area contributed by atoms with Gasteiger partial charge in [-0.25, -0.2) is 19.3 Å². The highest BCUT2D eigenvalue weighted by atomic mass is 19.1. The molecule has 0 radical (unpaired) electrons. The zero-order valence-electron chi connectivity index (χ0n) is 37.4. The molecule has 0 fully saturated rings. The van der Waals surface area contributed by atoms with E-state index in [9.17, 15) is 4.39 Å². The average Bonchev–Trinajstić information content (AvgIpc) is 3.43. The van der Waals surface area contributed by atoms with Crippen LogP contribution in [0, 0.1) is 5.82 Å². The van der Waals surface area contributed by atoms with Crippen molar-refractivity contribution in [2.24, 2.45) is 0 Å². The van der Waals surface area contributed by atoms with Gasteiger partial charge in [-0.15, -0.1) is 0 Å². The zero-order valence-corrected chi connectivity index (χ0v) is 37.4. The van der Waals surface area contributed by atoms with Crippen molar-refractivity contribution in [3.05, 3.63) is 277 Å². The second kappa shape index (κ2) is 17.6. The minimum Gasteiger partial charge on any atom is -0.472 e. The Hall–Kier alpha value is -9.06. The number of nitrogens with zero attached hydrogens (tertiary/aromatic N) is 3. The van der Waals surface area contributed by atoms with Gasteiger partial charge in [0.05, 0.1) is 0 Å². The lowest BCUT2D eigenvalue weighted by Crippen LogP contribution is -2.38. The van der Waals surface area contributed by atoms with E-state index in [-0.39, 0.29) is 5.82 Å². The predicted octanol–water partition coefficient (Wildman–Crippen LogP) is 16.0. The predicted molar refractivity (Wildman–Crippen MR) is 277 cm³/mol. The number of benzene rings is 10. The third kappa shape index (κ3) is 7.86. The van der Waals surface area contributed by atoms with Gasteiger partial charge in [0.2, 0.25) is 0 Å². The summed E-state index contributed by atoms with van der Waals surface area (Å²) in [5.41, 5.74) is 14.7. The Morgan fingerprint density at radius 1 is 0.290 bits per heavy atom. The molecular formula is C64H42FN3O. The molecule has 0 bridgehead atoms. The van der Waals surface area contributed by atoms with Crippen LogP contribution in [0.2, 0.25) is 0 Å². The normalized spacial score (nSPS) is 12.4. The molecule has 0 amide bonds. The molecule has 11 aromatic rings. The summed E-state index contributed by atoms with van der Waals surface area (Å²) in [4.78, 5) is 16.1. The highest BCUT2D eigenvalue weighted by Crippen LogP contribution is 2.52. The summed E-state index contributed by atoms with van der Waals surface area (Å²) in [5, 5.41) is 0. The van der Waals surface area contributed by atoms with Crippen LogP contribution in [0.15, 0.2) is 255 Å². The first-order valence-corrected chi connectivity index (χ1v) is 23.1. The molecule has 326 valence electrons. The maximum Gasteiger partial charge on any atom is 0.185 e. The molecule has 0 atom stereocenters. The summed E-state index contributed by atoms with van der Waals surface area (Å²) >= 11 is 0. The van der Waals surface area contributed by atoms with Crippen LogP contribution in [0.25, 0.3) is 89.8 Å². The highest BCUT2D eigenvalue weighted by molar-refractivity contribution is 5.85. The quantitative estimate of drug-likeness (QED) is 0.145. The van der Waals surface area contributed by atoms with Crippen LogP contribution in [-0.4, -0.2) is 15.0 Å². The smallest absolute Gasteiger partial charge is 0.185 e. The Bertz CT molecular complexity index is 3530. The van der Waals surface area contributed by atoms with Gasteiger partial charge in [0.15, 0.2) is 23.1 Å². The first kappa shape index (κ1) is 41.4. The van der Waals surface area contributed by atoms with Crippen molar-refractivity contribution in [1.29, 1.82) is 0 Å². The Kier molecular flexibility index (Phi) is 10.6. The van der Waals surface area contributed by atoms with E-state index in [0.717, 1.165) is 94.8 Å². The first-order chi connectivity index (χ1) is 34.1. The number of aromatic nitrogens is 3. The van der Waals surface area contributed by atoms with E-state index in [1.165, 1.54) is 12.1 Å². The van der Waals surface area contributed by atoms with Crippen LogP contribution >= 0.6 is 0 Å². The fourth-order valence-corrected chi connectivity index (χ4v) is 9.63. The molecule has 0 aliphatic carbocycles. The molecule has 0 unspecified atom stereocenters. The van der Waals surface area contributed by atoms with Crippen molar-refractivity contribution in [2.75, 3.05) is 0 Å². The summed E-state index contributed by atoms with van der Waals surface area (Å²) in [6, 6.07) is 86.3. The molecule has 5 heteroatoms. The van der Waals surface area contributed by atoms with Crippen LogP contribution in [0.1, 0.15) is 16.7 Å². The average molecular weight is 888 g/mol. The molecule has 1 aromatic heterocycles. The zero-order chi connectivity index (χ0) is 46.2. The monoisotopic (exact) mass is 887 g/mol. The summed E-state index contributed by atoms with van der Waals surface area (Å²) in [6.45, 7) is 0. The Morgan fingerprint density at radius 2 is 0.652 bits per heavy atom. The highest BCUT2D eigenvalue weighted by Gasteiger charge is 2.44. The van der Waals surface area contributed by atoms with Crippen LogP contribution in [0.5, 0.6) is 5.75 Å². The number of hydrogen-bond donors (Lipinski definition) is 0. The second-order valence-electron chi connectivity index (χ2n) is 17.3. The van der Waals surface area contributed by atoms with Gasteiger partial charge >= 0.3 is 0 Å². The van der Waals surface area contributed by atoms with Crippen LogP contribution in [-0.2, 0) is 5.60 Å². The van der Waals surface area contributed by atoms with E-state index >= 15 is 0 Å². The van der Waals surface area contributed by atoms with E-state index < -0.39 is 5.60 Å². The first-order valence-electron chi connectivity index (χ1n) is 23.1. The second-order valence-corrected chi connectivity index (χ2v) is 17.3. The summed E-state index contributed by atoms with van der Waals surface area (Å²) in [6.07, 6.45) is 0. The molecule has 69 heavy (non-hydrogen) atoms. The fourth-order valence-electron chi connectivity index (χ4n) is 9.63. The number of fused-ring (bicyclic) bond motifs is 3. The maximum atomic E-state index is 14.3. The third-order valence-electron chi connectivity index (χ3n) is 13.0. The standard InChI is InChI=1S/C64H42FN3O/c65-56-33-30-46(31-34-56)51-37-50(45-22-10-3-11-23-45)40-53(41-51)63-67-61(66-62(68-63)52-38-48(43-18-6-1-7-19-43)36-49(39-52)44-20-8-2-9-21-44)47-32-35-60-58(42-47)57-28-16-17-29-59(57)64(69-60,54-24-12-4-13-25-54)55-26-14-5-15-27-55/h1-42H. The van der Waals surface area contributed by atoms with Crippen molar-refractivity contribution < 1.29 is 9.13 Å². The summed E-state index contributed by atoms with van der Waals surface area (Å²) in [5.74, 6) is 2.01. The lowest BCUT2D eigenvalue weighted by Gasteiger charge is -2.41. The SMILES string of the molecule is Fc1ccc(-c2cc(-c3ccccc3)cc(-c3nc(-c4cc(-c5ccccc5)cc(-c5ccccc5)c4)nc(-c4ccc5c(c4)-c4ccccc4C(c4ccccc4)(c4ccccc4)O5)n3)c2)cc1. The number of rotatable bonds is 9. The third-order valence-corrected chi connectivity index (χ3v) is 13.0. The fraction of sp³-hybridized carbons (Fsp3) is 0.0156. The van der Waals surface area contributed by atoms with E-state index in [0.29, 0.717) is 17.5 Å². The van der Waals surface area contributed by atoms with Crippen molar-refractivity contribution >= 4 is 0 Å². The molecule has 1 aliphatic rings. The van der Waals surface area contributed by atoms with Crippen molar-refractivity contribution in [3.63, 3.8) is 0 Å². The van der Waals surface area contributed by atoms with Crippen LogP contribution < -0.4 is 4.74 Å². The summed E-state index contributed by atoms with van der Waals surface area (Å²) < 4.78 is 21.7. The molecule has 2 heterocycles. The van der Waals surface area contributed by atoms with Crippen molar-refractivity contribution in [1.82, 2.24) is 15.0 Å². The molecular weight excluding hydrogens is 846 g/mol. The number of hydrogen-bond acceptors (Lipinski definition) is 4. The van der Waals surface area contributed by atoms with E-state index in [2.05, 4.69) is 188 Å². The van der Waals surface area contributed by atoms with Gasteiger partial charge in [-0.2, -0.15) is 0 Å². The van der Waals surface area contributed by atoms with Crippen molar-refractivity contribution in [3.8, 4) is 95.5 Å². The molecule has 0 N–H and O–H groups in total. The van der Waals surface area contributed by atoms with Gasteiger partial charge in [0.1, 0.15) is 11.6 Å². The topological polar surface area (TPSA) is 47.9 Å². The molecule has 0 saturated heterocycles. The van der Waals surface area contributed by atoms with Gasteiger partial charge in [0.25, 0.3) is 0 Å². The van der Waals surface area contributed by atoms with Gasteiger partial charge in [-0.1, -0.05) is 188 Å². The Morgan fingerprint density at radius 3 is 1.12 bits per heavy atom. The van der Waals surface area contributed by atoms with E-state index in [1.54, 1.807) is 0 Å². The Balaban J connectivity index is 1.08. The van der Waals surface area contributed by atoms with E-state index in [1.807, 2.05) is 54.6 Å². The van der Waals surface area contributed by atoms with Gasteiger partial charge < -0.3 is 4.74 Å². The van der Waals surface area contributed by atoms with E-state index in [4.69, 9.17) is 19.7 Å². The lowest BCUT2D eigenvalue weighted by molar-refractivity contribution is 0.152. The lowest BCUT2D eigenvalue weighted by atomic mass is 9.75. The van der Waals surface area contributed by atoms with Crippen LogP contribution in [0.3, 0.4) is 0 Å². The summed E-state index contributed by atoms with van der Waals surface area (Å²) in [7, 11) is 0.